The quantitative estimate of drug-likeness (QED) is 0.104. The molecule has 2 aliphatic heterocycles. The molecule has 0 aromatic heterocycles. The fraction of sp³-hybridized carbons (Fsp3) is 0.923. The third kappa shape index (κ3) is 1.60. The zero-order valence-electron chi connectivity index (χ0n) is 10.8. The van der Waals surface area contributed by atoms with Crippen LogP contribution >= 0.6 is 0 Å². The van der Waals surface area contributed by atoms with Crippen LogP contribution in [0.3, 0.4) is 0 Å². The molecule has 6 heteroatoms. The van der Waals surface area contributed by atoms with E-state index in [1.54, 1.807) is 0 Å². The molecular weight excluding hydrogens is 470 g/mol. The van der Waals surface area contributed by atoms with Gasteiger partial charge in [-0.2, -0.15) is 0 Å². The first-order chi connectivity index (χ1) is 9.12. The van der Waals surface area contributed by atoms with E-state index in [4.69, 9.17) is 4.74 Å². The molecule has 5 fully saturated rings. The number of carbonyl (C=O) groups excluding carboxylic acids is 1. The number of esters is 1. The minimum atomic E-state index is -0.212. The van der Waals surface area contributed by atoms with Crippen LogP contribution in [-0.2, 0) is 9.53 Å². The zero-order valence-corrected chi connectivity index (χ0v) is 15.1. The molecule has 0 spiro atoms. The average Bonchev–Trinajstić information content (AvgIpc) is 3.18. The van der Waals surface area contributed by atoms with Crippen molar-refractivity contribution in [1.29, 1.82) is 0 Å². The number of alkyl halides is 2. The van der Waals surface area contributed by atoms with Crippen LogP contribution in [0.2, 0.25) is 0 Å². The van der Waals surface area contributed by atoms with E-state index in [0.29, 0.717) is 9.97 Å². The van der Waals surface area contributed by atoms with Crippen molar-refractivity contribution in [2.45, 2.75) is 45.8 Å². The molecule has 108 valence electrons. The predicted molar refractivity (Wildman–Crippen MR) is 59.7 cm³/mol. The van der Waals surface area contributed by atoms with E-state index >= 15 is 0 Å². The van der Waals surface area contributed by atoms with Crippen LogP contribution in [0.4, 0.5) is 0 Å². The summed E-state index contributed by atoms with van der Waals surface area (Å²) < 4.78 is 13.2. The first-order valence-corrected chi connectivity index (χ1v) is 11.6. The molecule has 0 radical (unpaired) electrons. The van der Waals surface area contributed by atoms with E-state index < -0.39 is 0 Å². The van der Waals surface area contributed by atoms with Gasteiger partial charge in [0.2, 0.25) is 0 Å². The van der Waals surface area contributed by atoms with Crippen molar-refractivity contribution in [3.63, 3.8) is 0 Å². The summed E-state index contributed by atoms with van der Waals surface area (Å²) in [5, 5.41) is 0. The molecule has 0 aromatic carbocycles. The first kappa shape index (κ1) is 12.4. The molecule has 5 rings (SSSR count). The summed E-state index contributed by atoms with van der Waals surface area (Å²) in [5.74, 6) is 3.46. The summed E-state index contributed by atoms with van der Waals surface area (Å²) in [7, 11) is 0. The molecule has 7 unspecified atom stereocenters. The summed E-state index contributed by atoms with van der Waals surface area (Å²) in [6.07, 6.45) is 5.27. The van der Waals surface area contributed by atoms with Gasteiger partial charge < -0.3 is 0 Å². The van der Waals surface area contributed by atoms with E-state index in [0.717, 1.165) is 24.2 Å². The Hall–Kier alpha value is 0.850. The molecule has 0 aromatic rings. The minimum absolute atomic E-state index is 0.0798. The Labute approximate surface area is 134 Å². The maximum absolute atomic E-state index is 12.6. The first-order valence-electron chi connectivity index (χ1n) is 7.16. The summed E-state index contributed by atoms with van der Waals surface area (Å²) in [6, 6.07) is 0. The standard InChI is InChI=1S/C13H18I2N2O2/c1-12(5-6-4-9(12)8-3-2-7(6)8)19-11(18)13(15-17-13)10-14-16-10/h6-10,16-17H,2-5H2,1H3/q-2. The molecule has 3 saturated carbocycles. The normalized spacial score (nSPS) is 61.2. The van der Waals surface area contributed by atoms with Gasteiger partial charge >= 0.3 is 135 Å². The van der Waals surface area contributed by atoms with Gasteiger partial charge in [-0.1, -0.05) is 0 Å². The molecular formula is C13H18I2N2O2-2. The number of rotatable bonds is 3. The van der Waals surface area contributed by atoms with Crippen molar-refractivity contribution in [2.75, 3.05) is 0 Å². The molecule has 2 heterocycles. The number of fused-ring (bicyclic) bond motifs is 5. The summed E-state index contributed by atoms with van der Waals surface area (Å²) in [5.41, 5.74) is -0.141. The molecule has 3 aliphatic carbocycles. The van der Waals surface area contributed by atoms with Crippen LogP contribution in [0, 0.1) is 23.7 Å². The number of hydrogen-bond acceptors (Lipinski definition) is 4. The Morgan fingerprint density at radius 3 is 2.63 bits per heavy atom. The van der Waals surface area contributed by atoms with E-state index in [1.807, 2.05) is 0 Å². The van der Waals surface area contributed by atoms with Gasteiger partial charge in [-0.25, -0.2) is 0 Å². The van der Waals surface area contributed by atoms with Gasteiger partial charge in [0.15, 0.2) is 0 Å². The van der Waals surface area contributed by atoms with E-state index in [1.165, 1.54) is 19.3 Å². The third-order valence-electron chi connectivity index (χ3n) is 6.00. The zero-order chi connectivity index (χ0) is 12.8. The Balaban J connectivity index is 1.35. The molecule has 5 aliphatic rings. The SMILES string of the molecule is CC1(OC(=O)C2(C3N[I-]3)N[I-]2)CC2CC1C1CCC21. The van der Waals surface area contributed by atoms with E-state index in [-0.39, 0.29) is 58.1 Å². The average molecular weight is 488 g/mol. The summed E-state index contributed by atoms with van der Waals surface area (Å²) in [6.45, 7) is 2.22. The second-order valence-corrected chi connectivity index (χ2v) is 12.2. The molecule has 0 amide bonds. The van der Waals surface area contributed by atoms with Crippen molar-refractivity contribution >= 4 is 5.97 Å². The van der Waals surface area contributed by atoms with E-state index in [9.17, 15) is 4.79 Å². The van der Waals surface area contributed by atoms with Crippen LogP contribution < -0.4 is 50.0 Å². The summed E-state index contributed by atoms with van der Waals surface area (Å²) in [4.78, 5) is 12.6. The Morgan fingerprint density at radius 1 is 1.37 bits per heavy atom. The Morgan fingerprint density at radius 2 is 2.11 bits per heavy atom. The number of carbonyl (C=O) groups is 1. The number of ether oxygens (including phenoxy) is 1. The number of halogens is 2. The topological polar surface area (TPSA) is 70.2 Å². The van der Waals surface area contributed by atoms with Crippen molar-refractivity contribution in [2.24, 2.45) is 23.7 Å². The van der Waals surface area contributed by atoms with Crippen molar-refractivity contribution in [1.82, 2.24) is 7.06 Å². The third-order valence-corrected chi connectivity index (χ3v) is 12.1. The van der Waals surface area contributed by atoms with Crippen molar-refractivity contribution in [3.05, 3.63) is 0 Å². The molecule has 2 saturated heterocycles. The van der Waals surface area contributed by atoms with Gasteiger partial charge in [0.05, 0.1) is 0 Å². The van der Waals surface area contributed by atoms with Crippen LogP contribution in [0.5, 0.6) is 0 Å². The Bertz CT molecular complexity index is 464. The molecule has 7 atom stereocenters. The number of nitrogens with one attached hydrogen (secondary N) is 2. The van der Waals surface area contributed by atoms with Crippen LogP contribution in [0.15, 0.2) is 0 Å². The Kier molecular flexibility index (Phi) is 2.47. The maximum atomic E-state index is 12.6. The fourth-order valence-corrected chi connectivity index (χ4v) is 10.7. The monoisotopic (exact) mass is 488 g/mol. The van der Waals surface area contributed by atoms with Gasteiger partial charge in [0.25, 0.3) is 0 Å². The molecule has 2 N–H and O–H groups in total. The van der Waals surface area contributed by atoms with Gasteiger partial charge in [-0.05, 0) is 0 Å². The van der Waals surface area contributed by atoms with Crippen LogP contribution in [0.1, 0.15) is 32.6 Å². The number of hydrogen-bond donors (Lipinski definition) is 2. The van der Waals surface area contributed by atoms with Crippen LogP contribution in [0.25, 0.3) is 0 Å². The van der Waals surface area contributed by atoms with Gasteiger partial charge in [-0.3, -0.25) is 0 Å². The second kappa shape index (κ2) is 3.78. The van der Waals surface area contributed by atoms with Gasteiger partial charge in [0.1, 0.15) is 0 Å². The van der Waals surface area contributed by atoms with Crippen LogP contribution in [-0.4, -0.2) is 19.2 Å². The second-order valence-electron chi connectivity index (χ2n) is 6.90. The molecule has 19 heavy (non-hydrogen) atoms. The predicted octanol–water partition coefficient (Wildman–Crippen LogP) is -5.41. The molecule has 4 nitrogen and oxygen atoms in total. The fourth-order valence-electron chi connectivity index (χ4n) is 4.83. The molecule has 2 bridgehead atoms. The van der Waals surface area contributed by atoms with Gasteiger partial charge in [0, 0.05) is 0 Å². The van der Waals surface area contributed by atoms with Crippen molar-refractivity contribution in [3.8, 4) is 0 Å². The van der Waals surface area contributed by atoms with Crippen molar-refractivity contribution < 1.29 is 52.5 Å². The van der Waals surface area contributed by atoms with Gasteiger partial charge in [-0.15, -0.1) is 0 Å². The summed E-state index contributed by atoms with van der Waals surface area (Å²) >= 11 is -0.0695. The van der Waals surface area contributed by atoms with E-state index in [2.05, 4.69) is 14.0 Å².